The van der Waals surface area contributed by atoms with E-state index in [2.05, 4.69) is 10.3 Å². The van der Waals surface area contributed by atoms with Crippen LogP contribution in [0.3, 0.4) is 0 Å². The van der Waals surface area contributed by atoms with Crippen LogP contribution in [0.15, 0.2) is 18.2 Å². The van der Waals surface area contributed by atoms with Gasteiger partial charge in [-0.15, -0.1) is 11.3 Å². The maximum Gasteiger partial charge on any atom is 0.326 e. The van der Waals surface area contributed by atoms with Crippen LogP contribution in [0.25, 0.3) is 10.6 Å². The smallest absolute Gasteiger partial charge is 0.326 e. The number of rotatable bonds is 8. The predicted molar refractivity (Wildman–Crippen MR) is 99.2 cm³/mol. The van der Waals surface area contributed by atoms with E-state index in [4.69, 9.17) is 9.47 Å². The molecule has 7 nitrogen and oxygen atoms in total. The van der Waals surface area contributed by atoms with Crippen molar-refractivity contribution < 1.29 is 24.2 Å². The first-order valence-corrected chi connectivity index (χ1v) is 8.96. The van der Waals surface area contributed by atoms with Crippen LogP contribution in [0.1, 0.15) is 35.1 Å². The number of carboxylic acid groups (broad SMARTS) is 1. The summed E-state index contributed by atoms with van der Waals surface area (Å²) < 4.78 is 10.5. The minimum absolute atomic E-state index is 0.376. The van der Waals surface area contributed by atoms with Gasteiger partial charge >= 0.3 is 5.97 Å². The second-order valence-electron chi connectivity index (χ2n) is 5.66. The van der Waals surface area contributed by atoms with E-state index in [-0.39, 0.29) is 0 Å². The lowest BCUT2D eigenvalue weighted by atomic mass is 10.1. The lowest BCUT2D eigenvalue weighted by Crippen LogP contribution is -2.40. The van der Waals surface area contributed by atoms with Gasteiger partial charge in [0, 0.05) is 5.56 Å². The van der Waals surface area contributed by atoms with Crippen molar-refractivity contribution in [3.8, 4) is 22.1 Å². The van der Waals surface area contributed by atoms with E-state index in [1.54, 1.807) is 33.3 Å². The summed E-state index contributed by atoms with van der Waals surface area (Å²) in [4.78, 5) is 28.6. The maximum atomic E-state index is 12.5. The van der Waals surface area contributed by atoms with Crippen molar-refractivity contribution in [1.29, 1.82) is 0 Å². The number of nitrogens with one attached hydrogen (secondary N) is 1. The quantitative estimate of drug-likeness (QED) is 0.732. The number of hydrogen-bond donors (Lipinski definition) is 2. The van der Waals surface area contributed by atoms with E-state index in [9.17, 15) is 14.7 Å². The molecule has 1 atom stereocenters. The van der Waals surface area contributed by atoms with Crippen molar-refractivity contribution in [1.82, 2.24) is 10.3 Å². The number of aryl methyl sites for hydroxylation is 1. The van der Waals surface area contributed by atoms with Crippen LogP contribution in [0.4, 0.5) is 0 Å². The standard InChI is InChI=1S/C18H22N2O5S/c1-5-6-12(18(22)23)20-16(21)15-10(2)19-17(26-15)11-7-8-13(24-3)14(9-11)25-4/h7-9,12H,5-6H2,1-4H3,(H,20,21)(H,22,23). The number of aromatic nitrogens is 1. The second-order valence-corrected chi connectivity index (χ2v) is 6.66. The molecule has 1 heterocycles. The van der Waals surface area contributed by atoms with Crippen molar-refractivity contribution in [3.63, 3.8) is 0 Å². The molecule has 0 aliphatic carbocycles. The Balaban J connectivity index is 2.28. The molecule has 0 bridgehead atoms. The van der Waals surface area contributed by atoms with Crippen molar-refractivity contribution in [2.45, 2.75) is 32.7 Å². The van der Waals surface area contributed by atoms with Crippen LogP contribution >= 0.6 is 11.3 Å². The van der Waals surface area contributed by atoms with Crippen molar-refractivity contribution in [2.75, 3.05) is 14.2 Å². The normalized spacial score (nSPS) is 11.7. The molecule has 26 heavy (non-hydrogen) atoms. The summed E-state index contributed by atoms with van der Waals surface area (Å²) in [6, 6.07) is 4.49. The lowest BCUT2D eigenvalue weighted by Gasteiger charge is -2.12. The summed E-state index contributed by atoms with van der Waals surface area (Å²) in [5, 5.41) is 12.4. The molecule has 140 valence electrons. The predicted octanol–water partition coefficient (Wildman–Crippen LogP) is 3.12. The molecule has 2 rings (SSSR count). The fourth-order valence-corrected chi connectivity index (χ4v) is 3.44. The Bertz CT molecular complexity index is 803. The zero-order valence-corrected chi connectivity index (χ0v) is 16.0. The number of carbonyl (C=O) groups excluding carboxylic acids is 1. The molecular weight excluding hydrogens is 356 g/mol. The molecule has 0 aliphatic rings. The average molecular weight is 378 g/mol. The molecule has 2 N–H and O–H groups in total. The maximum absolute atomic E-state index is 12.5. The van der Waals surface area contributed by atoms with Gasteiger partial charge in [-0.25, -0.2) is 9.78 Å². The lowest BCUT2D eigenvalue weighted by molar-refractivity contribution is -0.139. The van der Waals surface area contributed by atoms with E-state index in [0.717, 1.165) is 5.56 Å². The van der Waals surface area contributed by atoms with Gasteiger partial charge in [-0.05, 0) is 31.5 Å². The number of hydrogen-bond acceptors (Lipinski definition) is 6. The third-order valence-electron chi connectivity index (χ3n) is 3.81. The fourth-order valence-electron chi connectivity index (χ4n) is 2.47. The highest BCUT2D eigenvalue weighted by atomic mass is 32.1. The molecule has 1 unspecified atom stereocenters. The zero-order chi connectivity index (χ0) is 19.3. The number of nitrogens with zero attached hydrogens (tertiary/aromatic N) is 1. The molecule has 1 aromatic heterocycles. The Morgan fingerprint density at radius 2 is 1.96 bits per heavy atom. The highest BCUT2D eigenvalue weighted by molar-refractivity contribution is 7.17. The first-order chi connectivity index (χ1) is 12.4. The van der Waals surface area contributed by atoms with Crippen LogP contribution in [0.2, 0.25) is 0 Å². The van der Waals surface area contributed by atoms with Crippen LogP contribution in [0, 0.1) is 6.92 Å². The number of benzene rings is 1. The van der Waals surface area contributed by atoms with Gasteiger partial charge in [0.15, 0.2) is 11.5 Å². The van der Waals surface area contributed by atoms with E-state index in [0.29, 0.717) is 39.9 Å². The Labute approximate surface area is 156 Å². The minimum Gasteiger partial charge on any atom is -0.493 e. The molecule has 8 heteroatoms. The largest absolute Gasteiger partial charge is 0.493 e. The number of thiazole rings is 1. The summed E-state index contributed by atoms with van der Waals surface area (Å²) in [5.41, 5.74) is 1.34. The third kappa shape index (κ3) is 4.32. The van der Waals surface area contributed by atoms with E-state index < -0.39 is 17.9 Å². The molecule has 1 aromatic carbocycles. The van der Waals surface area contributed by atoms with Gasteiger partial charge in [-0.3, -0.25) is 4.79 Å². The third-order valence-corrected chi connectivity index (χ3v) is 5.02. The summed E-state index contributed by atoms with van der Waals surface area (Å²) in [6.07, 6.45) is 1.04. The molecule has 0 aliphatic heterocycles. The monoisotopic (exact) mass is 378 g/mol. The number of amides is 1. The van der Waals surface area contributed by atoms with Crippen molar-refractivity contribution in [3.05, 3.63) is 28.8 Å². The Kier molecular flexibility index (Phi) is 6.57. The molecule has 0 saturated carbocycles. The molecule has 0 fully saturated rings. The molecule has 0 saturated heterocycles. The first-order valence-electron chi connectivity index (χ1n) is 8.14. The average Bonchev–Trinajstić information content (AvgIpc) is 3.02. The number of carboxylic acids is 1. The Hall–Kier alpha value is -2.61. The highest BCUT2D eigenvalue weighted by Crippen LogP contribution is 2.35. The number of carbonyl (C=O) groups is 2. The summed E-state index contributed by atoms with van der Waals surface area (Å²) in [7, 11) is 3.11. The molecule has 2 aromatic rings. The first kappa shape index (κ1) is 19.7. The topological polar surface area (TPSA) is 97.8 Å². The van der Waals surface area contributed by atoms with Gasteiger partial charge in [-0.1, -0.05) is 13.3 Å². The van der Waals surface area contributed by atoms with Crippen molar-refractivity contribution in [2.24, 2.45) is 0 Å². The minimum atomic E-state index is -1.04. The van der Waals surface area contributed by atoms with Crippen LogP contribution in [-0.4, -0.2) is 42.2 Å². The number of aliphatic carboxylic acids is 1. The van der Waals surface area contributed by atoms with Crippen LogP contribution < -0.4 is 14.8 Å². The highest BCUT2D eigenvalue weighted by Gasteiger charge is 2.23. The van der Waals surface area contributed by atoms with Crippen LogP contribution in [-0.2, 0) is 4.79 Å². The van der Waals surface area contributed by atoms with Crippen LogP contribution in [0.5, 0.6) is 11.5 Å². The van der Waals surface area contributed by atoms with Crippen molar-refractivity contribution >= 4 is 23.2 Å². The van der Waals surface area contributed by atoms with Gasteiger partial charge < -0.3 is 19.9 Å². The van der Waals surface area contributed by atoms with Gasteiger partial charge in [-0.2, -0.15) is 0 Å². The summed E-state index contributed by atoms with van der Waals surface area (Å²) in [6.45, 7) is 3.60. The summed E-state index contributed by atoms with van der Waals surface area (Å²) in [5.74, 6) is -0.292. The molecule has 0 spiro atoms. The SMILES string of the molecule is CCCC(NC(=O)c1sc(-c2ccc(OC)c(OC)c2)nc1C)C(=O)O. The van der Waals surface area contributed by atoms with Gasteiger partial charge in [0.05, 0.1) is 19.9 Å². The molecule has 0 radical (unpaired) electrons. The fraction of sp³-hybridized carbons (Fsp3) is 0.389. The van der Waals surface area contributed by atoms with E-state index in [1.807, 2.05) is 13.0 Å². The van der Waals surface area contributed by atoms with Gasteiger partial charge in [0.1, 0.15) is 15.9 Å². The number of ether oxygens (including phenoxy) is 2. The van der Waals surface area contributed by atoms with Gasteiger partial charge in [0.25, 0.3) is 5.91 Å². The molecular formula is C18H22N2O5S. The van der Waals surface area contributed by atoms with Gasteiger partial charge in [0.2, 0.25) is 0 Å². The second kappa shape index (κ2) is 8.66. The molecule has 1 amide bonds. The number of methoxy groups -OCH3 is 2. The summed E-state index contributed by atoms with van der Waals surface area (Å²) >= 11 is 1.21. The zero-order valence-electron chi connectivity index (χ0n) is 15.2. The van der Waals surface area contributed by atoms with E-state index >= 15 is 0 Å². The Morgan fingerprint density at radius 3 is 2.54 bits per heavy atom. The van der Waals surface area contributed by atoms with E-state index in [1.165, 1.54) is 11.3 Å². The Morgan fingerprint density at radius 1 is 1.27 bits per heavy atom.